The second kappa shape index (κ2) is 7.61. The Kier molecular flexibility index (Phi) is 5.48. The van der Waals surface area contributed by atoms with E-state index in [0.717, 1.165) is 21.5 Å². The number of rotatable bonds is 4. The Morgan fingerprint density at radius 1 is 1.44 bits per heavy atom. The zero-order valence-corrected chi connectivity index (χ0v) is 16.3. The van der Waals surface area contributed by atoms with Crippen LogP contribution in [0.15, 0.2) is 39.9 Å². The minimum atomic E-state index is -0.218. The van der Waals surface area contributed by atoms with Gasteiger partial charge in [0.15, 0.2) is 0 Å². The molecule has 25 heavy (non-hydrogen) atoms. The summed E-state index contributed by atoms with van der Waals surface area (Å²) in [7, 11) is 1.62. The summed E-state index contributed by atoms with van der Waals surface area (Å²) in [4.78, 5) is 30.7. The molecule has 6 nitrogen and oxygen atoms in total. The van der Waals surface area contributed by atoms with Crippen LogP contribution in [-0.2, 0) is 11.3 Å². The molecule has 0 saturated carbocycles. The van der Waals surface area contributed by atoms with Crippen molar-refractivity contribution in [3.63, 3.8) is 0 Å². The molecule has 0 N–H and O–H groups in total. The van der Waals surface area contributed by atoms with Gasteiger partial charge in [-0.1, -0.05) is 15.9 Å². The lowest BCUT2D eigenvalue weighted by Crippen LogP contribution is -2.36. The maximum Gasteiger partial charge on any atom is 0.253 e. The van der Waals surface area contributed by atoms with Crippen LogP contribution in [0.5, 0.6) is 5.75 Å². The number of hydrogen-bond acceptors (Lipinski definition) is 5. The van der Waals surface area contributed by atoms with Crippen molar-refractivity contribution in [1.82, 2.24) is 14.5 Å². The third kappa shape index (κ3) is 3.90. The van der Waals surface area contributed by atoms with E-state index in [1.807, 2.05) is 18.2 Å². The van der Waals surface area contributed by atoms with E-state index >= 15 is 0 Å². The van der Waals surface area contributed by atoms with Gasteiger partial charge in [0.25, 0.3) is 5.56 Å². The molecule has 2 heterocycles. The summed E-state index contributed by atoms with van der Waals surface area (Å²) in [5.41, 5.74) is 1.37. The van der Waals surface area contributed by atoms with Gasteiger partial charge in [-0.25, -0.2) is 4.98 Å². The predicted molar refractivity (Wildman–Crippen MR) is 101 cm³/mol. The van der Waals surface area contributed by atoms with Crippen LogP contribution in [-0.4, -0.2) is 39.8 Å². The van der Waals surface area contributed by atoms with Gasteiger partial charge in [0.2, 0.25) is 5.91 Å². The first-order valence-corrected chi connectivity index (χ1v) is 9.61. The molecule has 0 aliphatic carbocycles. The number of benzene rings is 1. The molecule has 1 aromatic carbocycles. The summed E-state index contributed by atoms with van der Waals surface area (Å²) in [5.74, 6) is 1.48. The van der Waals surface area contributed by atoms with Crippen molar-refractivity contribution in [2.75, 3.05) is 19.4 Å². The number of hydrogen-bond donors (Lipinski definition) is 0. The van der Waals surface area contributed by atoms with E-state index in [9.17, 15) is 9.59 Å². The number of ether oxygens (including phenoxy) is 1. The number of methoxy groups -OCH3 is 1. The second-order valence-corrected chi connectivity index (χ2v) is 7.80. The molecule has 1 atom stereocenters. The lowest BCUT2D eigenvalue weighted by Gasteiger charge is -2.26. The fourth-order valence-electron chi connectivity index (χ4n) is 2.75. The highest BCUT2D eigenvalue weighted by molar-refractivity contribution is 9.10. The smallest absolute Gasteiger partial charge is 0.253 e. The van der Waals surface area contributed by atoms with Crippen LogP contribution >= 0.6 is 27.7 Å². The highest BCUT2D eigenvalue weighted by Crippen LogP contribution is 2.42. The van der Waals surface area contributed by atoms with Crippen LogP contribution in [0.4, 0.5) is 0 Å². The molecule has 1 aliphatic rings. The van der Waals surface area contributed by atoms with Crippen molar-refractivity contribution < 1.29 is 9.53 Å². The van der Waals surface area contributed by atoms with Crippen LogP contribution in [0.3, 0.4) is 0 Å². The Morgan fingerprint density at radius 3 is 2.96 bits per heavy atom. The number of thioether (sulfide) groups is 1. The number of nitrogens with zero attached hydrogens (tertiary/aromatic N) is 3. The Bertz CT molecular complexity index is 855. The molecule has 3 rings (SSSR count). The Hall–Kier alpha value is -1.80. The van der Waals surface area contributed by atoms with Gasteiger partial charge in [0, 0.05) is 34.1 Å². The molecule has 2 aromatic rings. The molecule has 1 saturated heterocycles. The molecular weight excluding hydrogens is 406 g/mol. The van der Waals surface area contributed by atoms with E-state index in [4.69, 9.17) is 4.74 Å². The van der Waals surface area contributed by atoms with Gasteiger partial charge < -0.3 is 9.64 Å². The number of amides is 1. The summed E-state index contributed by atoms with van der Waals surface area (Å²) < 4.78 is 7.73. The Balaban J connectivity index is 1.85. The fraction of sp³-hybridized carbons (Fsp3) is 0.353. The summed E-state index contributed by atoms with van der Waals surface area (Å²) in [5, 5.41) is -0.131. The molecule has 0 bridgehead atoms. The molecule has 1 unspecified atom stereocenters. The van der Waals surface area contributed by atoms with Gasteiger partial charge in [-0.15, -0.1) is 11.8 Å². The van der Waals surface area contributed by atoms with Crippen LogP contribution in [0.1, 0.15) is 16.6 Å². The van der Waals surface area contributed by atoms with E-state index in [0.29, 0.717) is 12.2 Å². The number of aryl methyl sites for hydroxylation is 1. The second-order valence-electron chi connectivity index (χ2n) is 5.69. The molecule has 1 aliphatic heterocycles. The van der Waals surface area contributed by atoms with Crippen LogP contribution in [0, 0.1) is 6.92 Å². The monoisotopic (exact) mass is 423 g/mol. The minimum Gasteiger partial charge on any atom is -0.496 e. The molecule has 1 amide bonds. The van der Waals surface area contributed by atoms with Gasteiger partial charge in [-0.3, -0.25) is 14.2 Å². The van der Waals surface area contributed by atoms with Crippen molar-refractivity contribution in [2.45, 2.75) is 18.8 Å². The standard InChI is InChI=1S/C17H18BrN3O3S/c1-11-7-15(22)20(10-19-11)9-16(23)21-5-6-25-17(21)13-8-12(18)3-4-14(13)24-2/h3-4,7-8,10,17H,5-6,9H2,1-2H3. The highest BCUT2D eigenvalue weighted by Gasteiger charge is 2.32. The Labute approximate surface area is 158 Å². The number of halogens is 1. The third-order valence-corrected chi connectivity index (χ3v) is 5.73. The molecule has 132 valence electrons. The predicted octanol–water partition coefficient (Wildman–Crippen LogP) is 2.60. The first-order valence-electron chi connectivity index (χ1n) is 7.77. The number of carbonyl (C=O) groups is 1. The molecule has 0 spiro atoms. The minimum absolute atomic E-state index is 0.0144. The SMILES string of the molecule is COc1ccc(Br)cc1C1SCCN1C(=O)Cn1cnc(C)cc1=O. The number of aromatic nitrogens is 2. The van der Waals surface area contributed by atoms with Gasteiger partial charge in [-0.05, 0) is 25.1 Å². The van der Waals surface area contributed by atoms with Crippen molar-refractivity contribution in [3.05, 3.63) is 56.7 Å². The Morgan fingerprint density at radius 2 is 2.24 bits per heavy atom. The molecular formula is C17H18BrN3O3S. The van der Waals surface area contributed by atoms with Crippen LogP contribution < -0.4 is 10.3 Å². The summed E-state index contributed by atoms with van der Waals surface area (Å²) in [6.07, 6.45) is 1.42. The lowest BCUT2D eigenvalue weighted by atomic mass is 10.2. The van der Waals surface area contributed by atoms with Crippen LogP contribution in [0.2, 0.25) is 0 Å². The normalized spacial score (nSPS) is 16.9. The van der Waals surface area contributed by atoms with Gasteiger partial charge >= 0.3 is 0 Å². The average Bonchev–Trinajstić information content (AvgIpc) is 3.07. The quantitative estimate of drug-likeness (QED) is 0.755. The topological polar surface area (TPSA) is 64.4 Å². The summed E-state index contributed by atoms with van der Waals surface area (Å²) in [6.45, 7) is 2.37. The lowest BCUT2D eigenvalue weighted by molar-refractivity contribution is -0.132. The highest BCUT2D eigenvalue weighted by atomic mass is 79.9. The first-order chi connectivity index (χ1) is 12.0. The molecule has 8 heteroatoms. The van der Waals surface area contributed by atoms with Crippen molar-refractivity contribution >= 4 is 33.6 Å². The van der Waals surface area contributed by atoms with Crippen molar-refractivity contribution in [2.24, 2.45) is 0 Å². The van der Waals surface area contributed by atoms with Crippen molar-refractivity contribution in [1.29, 1.82) is 0 Å². The molecule has 1 fully saturated rings. The molecule has 1 aromatic heterocycles. The van der Waals surface area contributed by atoms with E-state index in [-0.39, 0.29) is 23.4 Å². The van der Waals surface area contributed by atoms with E-state index in [1.54, 1.807) is 30.7 Å². The van der Waals surface area contributed by atoms with Crippen LogP contribution in [0.25, 0.3) is 0 Å². The van der Waals surface area contributed by atoms with Gasteiger partial charge in [0.05, 0.1) is 13.4 Å². The zero-order chi connectivity index (χ0) is 18.0. The maximum absolute atomic E-state index is 12.8. The summed E-state index contributed by atoms with van der Waals surface area (Å²) >= 11 is 5.17. The largest absolute Gasteiger partial charge is 0.496 e. The maximum atomic E-state index is 12.8. The summed E-state index contributed by atoms with van der Waals surface area (Å²) in [6, 6.07) is 7.20. The third-order valence-electron chi connectivity index (χ3n) is 3.99. The fourth-order valence-corrected chi connectivity index (χ4v) is 4.42. The van der Waals surface area contributed by atoms with E-state index in [2.05, 4.69) is 20.9 Å². The van der Waals surface area contributed by atoms with Crippen molar-refractivity contribution in [3.8, 4) is 5.75 Å². The zero-order valence-electron chi connectivity index (χ0n) is 13.9. The average molecular weight is 424 g/mol. The van der Waals surface area contributed by atoms with Gasteiger partial charge in [-0.2, -0.15) is 0 Å². The number of carbonyl (C=O) groups excluding carboxylic acids is 1. The van der Waals surface area contributed by atoms with E-state index < -0.39 is 0 Å². The van der Waals surface area contributed by atoms with Gasteiger partial charge in [0.1, 0.15) is 17.7 Å². The molecule has 0 radical (unpaired) electrons. The first kappa shape index (κ1) is 18.0. The van der Waals surface area contributed by atoms with E-state index in [1.165, 1.54) is 17.0 Å².